The van der Waals surface area contributed by atoms with Crippen molar-refractivity contribution in [3.05, 3.63) is 12.0 Å². The average Bonchev–Trinajstić information content (AvgIpc) is 2.77. The van der Waals surface area contributed by atoms with Gasteiger partial charge in [-0.2, -0.15) is 4.98 Å². The van der Waals surface area contributed by atoms with Gasteiger partial charge in [0.2, 0.25) is 0 Å². The minimum Gasteiger partial charge on any atom is -0.432 e. The minimum atomic E-state index is 0.438. The van der Waals surface area contributed by atoms with Crippen molar-refractivity contribution in [2.45, 2.75) is 26.4 Å². The van der Waals surface area contributed by atoms with Gasteiger partial charge in [-0.15, -0.1) is 0 Å². The molecule has 0 saturated carbocycles. The van der Waals surface area contributed by atoms with Crippen LogP contribution in [0, 0.1) is 0 Å². The molecule has 5 heteroatoms. The molecule has 0 spiro atoms. The topological polar surface area (TPSA) is 58.5 Å². The van der Waals surface area contributed by atoms with E-state index in [1.165, 1.54) is 0 Å². The van der Waals surface area contributed by atoms with E-state index in [4.69, 9.17) is 10.2 Å². The molecule has 1 aliphatic heterocycles. The molecule has 1 unspecified atom stereocenters. The largest absolute Gasteiger partial charge is 0.432 e. The van der Waals surface area contributed by atoms with Crippen molar-refractivity contribution in [2.75, 3.05) is 31.1 Å². The quantitative estimate of drug-likeness (QED) is 0.817. The summed E-state index contributed by atoms with van der Waals surface area (Å²) in [5.74, 6) is 0. The molecule has 0 aromatic carbocycles. The van der Waals surface area contributed by atoms with E-state index in [0.717, 1.165) is 31.9 Å². The van der Waals surface area contributed by atoms with E-state index in [1.807, 2.05) is 0 Å². The van der Waals surface area contributed by atoms with Crippen molar-refractivity contribution in [1.82, 2.24) is 9.88 Å². The zero-order valence-electron chi connectivity index (χ0n) is 10.0. The lowest BCUT2D eigenvalue weighted by molar-refractivity contribution is 0.195. The fraction of sp³-hybridized carbons (Fsp3) is 0.727. The average molecular weight is 224 g/mol. The molecule has 1 atom stereocenters. The van der Waals surface area contributed by atoms with E-state index >= 15 is 0 Å². The summed E-state index contributed by atoms with van der Waals surface area (Å²) in [6.45, 7) is 8.99. The second kappa shape index (κ2) is 4.84. The maximum absolute atomic E-state index is 5.51. The van der Waals surface area contributed by atoms with Crippen LogP contribution in [0.25, 0.3) is 0 Å². The summed E-state index contributed by atoms with van der Waals surface area (Å²) in [6.07, 6.45) is 1.65. The number of aromatic nitrogens is 1. The molecule has 2 heterocycles. The van der Waals surface area contributed by atoms with Gasteiger partial charge in [0.15, 0.2) is 0 Å². The maximum atomic E-state index is 5.51. The zero-order valence-corrected chi connectivity index (χ0v) is 10.0. The number of nitrogens with two attached hydrogens (primary N) is 1. The Morgan fingerprint density at radius 1 is 1.56 bits per heavy atom. The van der Waals surface area contributed by atoms with Gasteiger partial charge in [0.05, 0.1) is 5.69 Å². The standard InChI is InChI=1S/C11H20N4O/c1-3-14-4-5-15(7-9(14)2)11-13-10(6-12)8-16-11/h8-9H,3-7,12H2,1-2H3. The second-order valence-corrected chi connectivity index (χ2v) is 4.25. The summed E-state index contributed by atoms with van der Waals surface area (Å²) in [4.78, 5) is 9.01. The summed E-state index contributed by atoms with van der Waals surface area (Å²) >= 11 is 0. The highest BCUT2D eigenvalue weighted by atomic mass is 16.4. The molecule has 1 saturated heterocycles. The molecule has 0 amide bonds. The number of hydrogen-bond acceptors (Lipinski definition) is 5. The number of hydrogen-bond donors (Lipinski definition) is 1. The highest BCUT2D eigenvalue weighted by molar-refractivity contribution is 5.28. The van der Waals surface area contributed by atoms with Crippen LogP contribution in [-0.4, -0.2) is 42.1 Å². The lowest BCUT2D eigenvalue weighted by Gasteiger charge is -2.38. The van der Waals surface area contributed by atoms with Crippen molar-refractivity contribution in [2.24, 2.45) is 5.73 Å². The molecule has 0 radical (unpaired) electrons. The number of nitrogens with zero attached hydrogens (tertiary/aromatic N) is 3. The third-order valence-electron chi connectivity index (χ3n) is 3.19. The van der Waals surface area contributed by atoms with Crippen LogP contribution in [0.5, 0.6) is 0 Å². The molecule has 0 bridgehead atoms. The lowest BCUT2D eigenvalue weighted by atomic mass is 10.2. The highest BCUT2D eigenvalue weighted by Gasteiger charge is 2.24. The van der Waals surface area contributed by atoms with E-state index in [1.54, 1.807) is 6.26 Å². The molecule has 0 aliphatic carbocycles. The van der Waals surface area contributed by atoms with Crippen molar-refractivity contribution < 1.29 is 4.42 Å². The van der Waals surface area contributed by atoms with Crippen LogP contribution >= 0.6 is 0 Å². The highest BCUT2D eigenvalue weighted by Crippen LogP contribution is 2.18. The summed E-state index contributed by atoms with van der Waals surface area (Å²) < 4.78 is 5.43. The summed E-state index contributed by atoms with van der Waals surface area (Å²) in [5.41, 5.74) is 6.33. The van der Waals surface area contributed by atoms with E-state index in [0.29, 0.717) is 18.6 Å². The van der Waals surface area contributed by atoms with Gasteiger partial charge in [0.1, 0.15) is 6.26 Å². The van der Waals surface area contributed by atoms with Crippen molar-refractivity contribution in [3.8, 4) is 0 Å². The number of oxazole rings is 1. The molecule has 1 aromatic heterocycles. The van der Waals surface area contributed by atoms with Crippen molar-refractivity contribution >= 4 is 6.01 Å². The summed E-state index contributed by atoms with van der Waals surface area (Å²) in [6, 6.07) is 1.26. The summed E-state index contributed by atoms with van der Waals surface area (Å²) in [5, 5.41) is 0. The Labute approximate surface area is 96.2 Å². The molecule has 2 N–H and O–H groups in total. The van der Waals surface area contributed by atoms with Crippen LogP contribution in [0.15, 0.2) is 10.7 Å². The molecule has 1 fully saturated rings. The molecule has 2 rings (SSSR count). The number of rotatable bonds is 3. The smallest absolute Gasteiger partial charge is 0.297 e. The first-order valence-electron chi connectivity index (χ1n) is 5.88. The zero-order chi connectivity index (χ0) is 11.5. The Morgan fingerprint density at radius 2 is 2.38 bits per heavy atom. The third kappa shape index (κ3) is 2.20. The molecule has 16 heavy (non-hydrogen) atoms. The first-order valence-corrected chi connectivity index (χ1v) is 5.88. The van der Waals surface area contributed by atoms with Crippen LogP contribution in [0.2, 0.25) is 0 Å². The Hall–Kier alpha value is -1.07. The Balaban J connectivity index is 2.01. The van der Waals surface area contributed by atoms with Crippen molar-refractivity contribution in [1.29, 1.82) is 0 Å². The van der Waals surface area contributed by atoms with Gasteiger partial charge in [-0.3, -0.25) is 4.90 Å². The molecular weight excluding hydrogens is 204 g/mol. The van der Waals surface area contributed by atoms with E-state index in [9.17, 15) is 0 Å². The summed E-state index contributed by atoms with van der Waals surface area (Å²) in [7, 11) is 0. The van der Waals surface area contributed by atoms with Crippen LogP contribution in [0.4, 0.5) is 6.01 Å². The predicted molar refractivity (Wildman–Crippen MR) is 63.3 cm³/mol. The maximum Gasteiger partial charge on any atom is 0.297 e. The van der Waals surface area contributed by atoms with E-state index in [-0.39, 0.29) is 0 Å². The van der Waals surface area contributed by atoms with E-state index < -0.39 is 0 Å². The van der Waals surface area contributed by atoms with Gasteiger partial charge in [0.25, 0.3) is 6.01 Å². The van der Waals surface area contributed by atoms with Gasteiger partial charge < -0.3 is 15.1 Å². The van der Waals surface area contributed by atoms with Gasteiger partial charge in [-0.05, 0) is 13.5 Å². The molecule has 90 valence electrons. The number of piperazine rings is 1. The minimum absolute atomic E-state index is 0.438. The van der Waals surface area contributed by atoms with Gasteiger partial charge in [-0.25, -0.2) is 0 Å². The molecular formula is C11H20N4O. The third-order valence-corrected chi connectivity index (χ3v) is 3.19. The fourth-order valence-corrected chi connectivity index (χ4v) is 2.17. The SMILES string of the molecule is CCN1CCN(c2nc(CN)co2)CC1C. The number of anilines is 1. The first-order chi connectivity index (χ1) is 7.74. The molecule has 5 nitrogen and oxygen atoms in total. The molecule has 1 aromatic rings. The lowest BCUT2D eigenvalue weighted by Crippen LogP contribution is -2.51. The van der Waals surface area contributed by atoms with Crippen LogP contribution < -0.4 is 10.6 Å². The van der Waals surface area contributed by atoms with Crippen molar-refractivity contribution in [3.63, 3.8) is 0 Å². The first kappa shape index (κ1) is 11.4. The Morgan fingerprint density at radius 3 is 2.94 bits per heavy atom. The van der Waals surface area contributed by atoms with Gasteiger partial charge in [0, 0.05) is 32.2 Å². The van der Waals surface area contributed by atoms with Gasteiger partial charge in [-0.1, -0.05) is 6.92 Å². The van der Waals surface area contributed by atoms with E-state index in [2.05, 4.69) is 28.6 Å². The second-order valence-electron chi connectivity index (χ2n) is 4.25. The monoisotopic (exact) mass is 224 g/mol. The van der Waals surface area contributed by atoms with Crippen LogP contribution in [0.1, 0.15) is 19.5 Å². The van der Waals surface area contributed by atoms with Crippen LogP contribution in [0.3, 0.4) is 0 Å². The predicted octanol–water partition coefficient (Wildman–Crippen LogP) is 0.664. The Bertz CT molecular complexity index is 338. The fourth-order valence-electron chi connectivity index (χ4n) is 2.17. The van der Waals surface area contributed by atoms with Gasteiger partial charge >= 0.3 is 0 Å². The Kier molecular flexibility index (Phi) is 3.46. The number of likely N-dealkylation sites (N-methyl/N-ethyl adjacent to an activating group) is 1. The normalized spacial score (nSPS) is 22.7. The molecule has 1 aliphatic rings. The van der Waals surface area contributed by atoms with Crippen LogP contribution in [-0.2, 0) is 6.54 Å².